The maximum absolute atomic E-state index is 11.8. The number of hydrogen-bond acceptors (Lipinski definition) is 4. The van der Waals surface area contributed by atoms with E-state index in [0.29, 0.717) is 4.88 Å². The van der Waals surface area contributed by atoms with Gasteiger partial charge in [0, 0.05) is 6.07 Å². The van der Waals surface area contributed by atoms with Crippen molar-refractivity contribution in [1.29, 1.82) is 0 Å². The van der Waals surface area contributed by atoms with E-state index in [1.54, 1.807) is 0 Å². The number of thiophene rings is 1. The van der Waals surface area contributed by atoms with Crippen LogP contribution in [0.15, 0.2) is 17.5 Å². The maximum atomic E-state index is 11.8. The average molecular weight is 251 g/mol. The van der Waals surface area contributed by atoms with Crippen LogP contribution in [0.4, 0.5) is 5.82 Å². The first-order valence-corrected chi connectivity index (χ1v) is 5.60. The van der Waals surface area contributed by atoms with Crippen LogP contribution in [0.1, 0.15) is 25.7 Å². The number of nitrogens with one attached hydrogen (secondary N) is 2. The van der Waals surface area contributed by atoms with Crippen LogP contribution in [0.2, 0.25) is 0 Å². The fraction of sp³-hybridized carbons (Fsp3) is 0.100. The highest BCUT2D eigenvalue weighted by Crippen LogP contribution is 2.17. The number of amides is 1. The summed E-state index contributed by atoms with van der Waals surface area (Å²) in [5.41, 5.74) is 0.810. The summed E-state index contributed by atoms with van der Waals surface area (Å²) in [4.78, 5) is 23.0. The molecule has 0 spiro atoms. The quantitative estimate of drug-likeness (QED) is 0.774. The zero-order valence-corrected chi connectivity index (χ0v) is 9.67. The molecule has 0 aromatic carbocycles. The van der Waals surface area contributed by atoms with Crippen molar-refractivity contribution in [3.8, 4) is 0 Å². The Labute approximate surface area is 100 Å². The molecule has 0 atom stereocenters. The van der Waals surface area contributed by atoms with Crippen molar-refractivity contribution in [3.63, 3.8) is 0 Å². The Morgan fingerprint density at radius 3 is 2.82 bits per heavy atom. The molecule has 6 nitrogen and oxygen atoms in total. The third-order valence-electron chi connectivity index (χ3n) is 2.12. The number of aromatic amines is 1. The fourth-order valence-corrected chi connectivity index (χ4v) is 2.09. The topological polar surface area (TPSA) is 95.1 Å². The number of rotatable bonds is 3. The van der Waals surface area contributed by atoms with Crippen molar-refractivity contribution >= 4 is 29.0 Å². The lowest BCUT2D eigenvalue weighted by Gasteiger charge is -1.99. The third kappa shape index (κ3) is 2.34. The van der Waals surface area contributed by atoms with E-state index in [1.165, 1.54) is 17.4 Å². The normalized spacial score (nSPS) is 10.2. The number of carboxylic acid groups (broad SMARTS) is 1. The minimum atomic E-state index is -1.12. The SMILES string of the molecule is Cc1ccsc1C(=O)Nc1cc(C(=O)O)[nH]n1. The Balaban J connectivity index is 2.13. The fourth-order valence-electron chi connectivity index (χ4n) is 1.27. The predicted octanol–water partition coefficient (Wildman–Crippen LogP) is 1.73. The summed E-state index contributed by atoms with van der Waals surface area (Å²) in [6, 6.07) is 3.11. The van der Waals surface area contributed by atoms with Crippen LogP contribution in [0.3, 0.4) is 0 Å². The van der Waals surface area contributed by atoms with Crippen LogP contribution in [-0.4, -0.2) is 27.2 Å². The third-order valence-corrected chi connectivity index (χ3v) is 3.13. The molecule has 0 radical (unpaired) electrons. The van der Waals surface area contributed by atoms with Gasteiger partial charge in [0.2, 0.25) is 0 Å². The van der Waals surface area contributed by atoms with E-state index in [-0.39, 0.29) is 17.4 Å². The number of carbonyl (C=O) groups is 2. The average Bonchev–Trinajstić information content (AvgIpc) is 2.86. The lowest BCUT2D eigenvalue weighted by Crippen LogP contribution is -2.11. The second-order valence-electron chi connectivity index (χ2n) is 3.36. The zero-order chi connectivity index (χ0) is 12.4. The number of aromatic carboxylic acids is 1. The second-order valence-corrected chi connectivity index (χ2v) is 4.27. The Hall–Kier alpha value is -2.15. The van der Waals surface area contributed by atoms with Crippen LogP contribution in [0.25, 0.3) is 0 Å². The van der Waals surface area contributed by atoms with E-state index in [1.807, 2.05) is 18.4 Å². The van der Waals surface area contributed by atoms with Gasteiger partial charge in [0.1, 0.15) is 5.69 Å². The van der Waals surface area contributed by atoms with Gasteiger partial charge in [-0.1, -0.05) is 0 Å². The van der Waals surface area contributed by atoms with Gasteiger partial charge in [-0.25, -0.2) is 4.79 Å². The van der Waals surface area contributed by atoms with Crippen LogP contribution in [0.5, 0.6) is 0 Å². The molecule has 2 aromatic heterocycles. The summed E-state index contributed by atoms with van der Waals surface area (Å²) in [6.45, 7) is 1.83. The number of aromatic nitrogens is 2. The number of nitrogens with zero attached hydrogens (tertiary/aromatic N) is 1. The summed E-state index contributed by atoms with van der Waals surface area (Å²) in [5, 5.41) is 19.0. The Bertz CT molecular complexity index is 573. The first kappa shape index (κ1) is 11.3. The van der Waals surface area contributed by atoms with E-state index in [9.17, 15) is 9.59 Å². The molecule has 1 amide bonds. The molecule has 0 unspecified atom stereocenters. The standard InChI is InChI=1S/C10H9N3O3S/c1-5-2-3-17-8(5)9(14)11-7-4-6(10(15)16)12-13-7/h2-4H,1H3,(H,15,16)(H2,11,12,13,14). The molecule has 3 N–H and O–H groups in total. The van der Waals surface area contributed by atoms with E-state index < -0.39 is 5.97 Å². The van der Waals surface area contributed by atoms with E-state index >= 15 is 0 Å². The largest absolute Gasteiger partial charge is 0.477 e. The number of anilines is 1. The molecule has 0 aliphatic rings. The summed E-state index contributed by atoms with van der Waals surface area (Å²) < 4.78 is 0. The van der Waals surface area contributed by atoms with Crippen LogP contribution >= 0.6 is 11.3 Å². The Kier molecular flexibility index (Phi) is 2.92. The van der Waals surface area contributed by atoms with Crippen molar-refractivity contribution in [1.82, 2.24) is 10.2 Å². The van der Waals surface area contributed by atoms with Gasteiger partial charge in [0.15, 0.2) is 5.82 Å². The molecule has 88 valence electrons. The van der Waals surface area contributed by atoms with Gasteiger partial charge in [-0.2, -0.15) is 5.10 Å². The lowest BCUT2D eigenvalue weighted by atomic mass is 10.3. The van der Waals surface area contributed by atoms with Crippen molar-refractivity contribution in [2.75, 3.05) is 5.32 Å². The highest BCUT2D eigenvalue weighted by atomic mass is 32.1. The zero-order valence-electron chi connectivity index (χ0n) is 8.85. The Morgan fingerprint density at radius 2 is 2.29 bits per heavy atom. The van der Waals surface area contributed by atoms with Crippen LogP contribution < -0.4 is 5.32 Å². The van der Waals surface area contributed by atoms with Gasteiger partial charge < -0.3 is 10.4 Å². The molecule has 0 fully saturated rings. The van der Waals surface area contributed by atoms with Gasteiger partial charge >= 0.3 is 5.97 Å². The van der Waals surface area contributed by atoms with Gasteiger partial charge in [0.05, 0.1) is 4.88 Å². The summed E-state index contributed by atoms with van der Waals surface area (Å²) in [7, 11) is 0. The first-order valence-electron chi connectivity index (χ1n) is 4.72. The highest BCUT2D eigenvalue weighted by Gasteiger charge is 2.13. The Morgan fingerprint density at radius 1 is 1.53 bits per heavy atom. The summed E-state index contributed by atoms with van der Waals surface area (Å²) in [5.74, 6) is -1.22. The molecule has 0 saturated carbocycles. The minimum absolute atomic E-state index is 0.0665. The molecule has 0 saturated heterocycles. The number of H-pyrrole nitrogens is 1. The van der Waals surface area contributed by atoms with Crippen molar-refractivity contribution in [2.24, 2.45) is 0 Å². The smallest absolute Gasteiger partial charge is 0.353 e. The first-order chi connectivity index (χ1) is 8.08. The number of carboxylic acids is 1. The summed E-state index contributed by atoms with van der Waals surface area (Å²) in [6.07, 6.45) is 0. The van der Waals surface area contributed by atoms with Crippen molar-refractivity contribution < 1.29 is 14.7 Å². The van der Waals surface area contributed by atoms with Gasteiger partial charge in [-0.3, -0.25) is 9.89 Å². The van der Waals surface area contributed by atoms with E-state index in [4.69, 9.17) is 5.11 Å². The second kappa shape index (κ2) is 4.38. The minimum Gasteiger partial charge on any atom is -0.477 e. The predicted molar refractivity (Wildman–Crippen MR) is 62.6 cm³/mol. The number of hydrogen-bond donors (Lipinski definition) is 3. The molecule has 0 aliphatic carbocycles. The molecule has 17 heavy (non-hydrogen) atoms. The molecule has 0 bridgehead atoms. The molecule has 2 heterocycles. The summed E-state index contributed by atoms with van der Waals surface area (Å²) >= 11 is 1.32. The monoisotopic (exact) mass is 251 g/mol. The number of aryl methyl sites for hydroxylation is 1. The molecule has 0 aliphatic heterocycles. The van der Waals surface area contributed by atoms with Crippen molar-refractivity contribution in [3.05, 3.63) is 33.6 Å². The molecular weight excluding hydrogens is 242 g/mol. The highest BCUT2D eigenvalue weighted by molar-refractivity contribution is 7.12. The van der Waals surface area contributed by atoms with Gasteiger partial charge in [-0.05, 0) is 23.9 Å². The van der Waals surface area contributed by atoms with Gasteiger partial charge in [-0.15, -0.1) is 11.3 Å². The van der Waals surface area contributed by atoms with E-state index in [2.05, 4.69) is 15.5 Å². The number of carbonyl (C=O) groups excluding carboxylic acids is 1. The maximum Gasteiger partial charge on any atom is 0.353 e. The van der Waals surface area contributed by atoms with Crippen LogP contribution in [0, 0.1) is 6.92 Å². The molecule has 2 aromatic rings. The van der Waals surface area contributed by atoms with Gasteiger partial charge in [0.25, 0.3) is 5.91 Å². The van der Waals surface area contributed by atoms with Crippen molar-refractivity contribution in [2.45, 2.75) is 6.92 Å². The lowest BCUT2D eigenvalue weighted by molar-refractivity contribution is 0.0690. The van der Waals surface area contributed by atoms with E-state index in [0.717, 1.165) is 5.56 Å². The molecule has 2 rings (SSSR count). The van der Waals surface area contributed by atoms with Crippen LogP contribution in [-0.2, 0) is 0 Å². The molecule has 7 heteroatoms. The molecular formula is C10H9N3O3S.